The van der Waals surface area contributed by atoms with E-state index in [9.17, 15) is 9.59 Å². The van der Waals surface area contributed by atoms with Crippen LogP contribution < -0.4 is 10.2 Å². The summed E-state index contributed by atoms with van der Waals surface area (Å²) in [6, 6.07) is 8.52. The van der Waals surface area contributed by atoms with E-state index >= 15 is 0 Å². The minimum absolute atomic E-state index is 0.00976. The summed E-state index contributed by atoms with van der Waals surface area (Å²) in [5, 5.41) is 2.94. The van der Waals surface area contributed by atoms with Crippen molar-refractivity contribution in [2.75, 3.05) is 39.5 Å². The smallest absolute Gasteiger partial charge is 0.233 e. The first kappa shape index (κ1) is 20.8. The number of benzene rings is 1. The summed E-state index contributed by atoms with van der Waals surface area (Å²) in [6.07, 6.45) is 0.353. The molecule has 144 valence electrons. The van der Waals surface area contributed by atoms with Crippen LogP contribution in [-0.2, 0) is 15.0 Å². The van der Waals surface area contributed by atoms with Crippen molar-refractivity contribution in [2.24, 2.45) is 0 Å². The zero-order valence-electron chi connectivity index (χ0n) is 16.6. The largest absolute Gasteiger partial charge is 0.350 e. The molecule has 1 atom stereocenters. The summed E-state index contributed by atoms with van der Waals surface area (Å²) in [5.41, 5.74) is 2.53. The zero-order valence-corrected chi connectivity index (χ0v) is 17.4. The molecule has 5 nitrogen and oxygen atoms in total. The van der Waals surface area contributed by atoms with Gasteiger partial charge in [0.2, 0.25) is 11.8 Å². The predicted octanol–water partition coefficient (Wildman–Crippen LogP) is 1.21. The van der Waals surface area contributed by atoms with Crippen molar-refractivity contribution in [1.29, 1.82) is 0 Å². The van der Waals surface area contributed by atoms with Crippen molar-refractivity contribution in [3.63, 3.8) is 0 Å². The molecule has 1 aromatic carbocycles. The predicted molar refractivity (Wildman–Crippen MR) is 107 cm³/mol. The van der Waals surface area contributed by atoms with E-state index in [1.165, 1.54) is 10.5 Å². The van der Waals surface area contributed by atoms with Gasteiger partial charge in [0, 0.05) is 13.0 Å². The number of amides is 2. The van der Waals surface area contributed by atoms with Crippen LogP contribution in [0.15, 0.2) is 24.3 Å². The maximum atomic E-state index is 12.3. The number of hydrogen-bond acceptors (Lipinski definition) is 3. The van der Waals surface area contributed by atoms with Crippen LogP contribution in [0.5, 0.6) is 0 Å². The molecule has 0 spiro atoms. The van der Waals surface area contributed by atoms with Crippen LogP contribution in [0.4, 0.5) is 0 Å². The summed E-state index contributed by atoms with van der Waals surface area (Å²) in [5.74, 6) is 0.611. The number of thioether (sulfide) groups is 1. The van der Waals surface area contributed by atoms with E-state index in [0.29, 0.717) is 25.3 Å². The lowest BCUT2D eigenvalue weighted by atomic mass is 9.86. The monoisotopic (exact) mass is 378 g/mol. The van der Waals surface area contributed by atoms with Crippen LogP contribution in [0, 0.1) is 0 Å². The second-order valence-corrected chi connectivity index (χ2v) is 9.25. The number of nitrogens with zero attached hydrogens (tertiary/aromatic N) is 1. The highest BCUT2D eigenvalue weighted by Crippen LogP contribution is 2.39. The molecule has 1 aliphatic heterocycles. The van der Waals surface area contributed by atoms with E-state index in [4.69, 9.17) is 0 Å². The van der Waals surface area contributed by atoms with Crippen molar-refractivity contribution >= 4 is 23.6 Å². The summed E-state index contributed by atoms with van der Waals surface area (Å²) in [6.45, 7) is 8.61. The molecule has 2 amide bonds. The van der Waals surface area contributed by atoms with Gasteiger partial charge in [-0.05, 0) is 16.5 Å². The van der Waals surface area contributed by atoms with Crippen LogP contribution in [0.25, 0.3) is 0 Å². The van der Waals surface area contributed by atoms with Gasteiger partial charge in [0.15, 0.2) is 0 Å². The lowest BCUT2D eigenvalue weighted by Gasteiger charge is -2.25. The third-order valence-corrected chi connectivity index (χ3v) is 5.81. The molecule has 0 aliphatic carbocycles. The first-order valence-electron chi connectivity index (χ1n) is 9.25. The molecule has 0 aromatic heterocycles. The van der Waals surface area contributed by atoms with Gasteiger partial charge in [0.05, 0.1) is 32.9 Å². The third-order valence-electron chi connectivity index (χ3n) is 4.56. The summed E-state index contributed by atoms with van der Waals surface area (Å²) < 4.78 is 0. The molecule has 0 bridgehead atoms. The van der Waals surface area contributed by atoms with Crippen molar-refractivity contribution < 1.29 is 14.5 Å². The molecule has 0 saturated carbocycles. The van der Waals surface area contributed by atoms with Gasteiger partial charge in [-0.15, -0.1) is 11.8 Å². The Labute approximate surface area is 161 Å². The molecule has 6 heteroatoms. The molecular formula is C20H32N3O2S+. The minimum atomic E-state index is 0.00976. The lowest BCUT2D eigenvalue weighted by Crippen LogP contribution is -3.06. The average molecular weight is 379 g/mol. The van der Waals surface area contributed by atoms with Gasteiger partial charge in [-0.2, -0.15) is 0 Å². The Balaban J connectivity index is 1.94. The molecule has 2 rings (SSSR count). The Morgan fingerprint density at radius 2 is 1.92 bits per heavy atom. The molecule has 26 heavy (non-hydrogen) atoms. The maximum absolute atomic E-state index is 12.3. The van der Waals surface area contributed by atoms with Crippen LogP contribution in [0.2, 0.25) is 0 Å². The highest BCUT2D eigenvalue weighted by atomic mass is 32.2. The normalized spacial score (nSPS) is 17.8. The van der Waals surface area contributed by atoms with Crippen LogP contribution in [-0.4, -0.2) is 56.2 Å². The fourth-order valence-corrected chi connectivity index (χ4v) is 4.10. The number of rotatable bonds is 7. The van der Waals surface area contributed by atoms with Gasteiger partial charge in [0.25, 0.3) is 0 Å². The average Bonchev–Trinajstić information content (AvgIpc) is 2.92. The van der Waals surface area contributed by atoms with Gasteiger partial charge in [0.1, 0.15) is 5.37 Å². The van der Waals surface area contributed by atoms with Crippen LogP contribution in [0.3, 0.4) is 0 Å². The Hall–Kier alpha value is -1.53. The fourth-order valence-electron chi connectivity index (χ4n) is 2.88. The van der Waals surface area contributed by atoms with E-state index in [-0.39, 0.29) is 22.6 Å². The van der Waals surface area contributed by atoms with Gasteiger partial charge in [-0.3, -0.25) is 9.59 Å². The standard InChI is InChI=1S/C20H31N3O2S/c1-20(2,3)16-8-6-15(7-9-16)19-23(18(25)14-26-19)12-10-17(24)21-11-13-22(4)5/h6-9,19H,10-14H2,1-5H3,(H,21,24)/p+1/t19-/m1/s1. The molecule has 0 radical (unpaired) electrons. The molecule has 0 unspecified atom stereocenters. The summed E-state index contributed by atoms with van der Waals surface area (Å²) >= 11 is 1.64. The first-order valence-corrected chi connectivity index (χ1v) is 10.3. The number of carbonyl (C=O) groups is 2. The van der Waals surface area contributed by atoms with Crippen LogP contribution in [0.1, 0.15) is 43.7 Å². The van der Waals surface area contributed by atoms with E-state index in [1.54, 1.807) is 11.8 Å². The first-order chi connectivity index (χ1) is 12.2. The van der Waals surface area contributed by atoms with E-state index in [0.717, 1.165) is 12.1 Å². The molecule has 1 heterocycles. The lowest BCUT2D eigenvalue weighted by molar-refractivity contribution is -0.856. The van der Waals surface area contributed by atoms with Crippen molar-refractivity contribution in [3.05, 3.63) is 35.4 Å². The topological polar surface area (TPSA) is 53.9 Å². The molecule has 1 aliphatic rings. The SMILES string of the molecule is C[NH+](C)CCNC(=O)CCN1C(=O)CS[C@@H]1c1ccc(C(C)(C)C)cc1. The third kappa shape index (κ3) is 5.74. The quantitative estimate of drug-likeness (QED) is 0.750. The van der Waals surface area contributed by atoms with Gasteiger partial charge < -0.3 is 15.1 Å². The van der Waals surface area contributed by atoms with Crippen molar-refractivity contribution in [1.82, 2.24) is 10.2 Å². The Kier molecular flexibility index (Phi) is 7.12. The van der Waals surface area contributed by atoms with Crippen LogP contribution >= 0.6 is 11.8 Å². The minimum Gasteiger partial charge on any atom is -0.350 e. The second-order valence-electron chi connectivity index (χ2n) is 8.18. The summed E-state index contributed by atoms with van der Waals surface area (Å²) in [7, 11) is 4.11. The number of likely N-dealkylation sites (N-methyl/N-ethyl adjacent to an activating group) is 1. The maximum Gasteiger partial charge on any atom is 0.233 e. The summed E-state index contributed by atoms with van der Waals surface area (Å²) in [4.78, 5) is 27.4. The number of hydrogen-bond donors (Lipinski definition) is 2. The Morgan fingerprint density at radius 3 is 2.50 bits per heavy atom. The Morgan fingerprint density at radius 1 is 1.27 bits per heavy atom. The molecular weight excluding hydrogens is 346 g/mol. The zero-order chi connectivity index (χ0) is 19.3. The van der Waals surface area contributed by atoms with Crippen molar-refractivity contribution in [3.8, 4) is 0 Å². The number of carbonyl (C=O) groups excluding carboxylic acids is 2. The molecule has 1 fully saturated rings. The van der Waals surface area contributed by atoms with Crippen molar-refractivity contribution in [2.45, 2.75) is 38.0 Å². The van der Waals surface area contributed by atoms with Gasteiger partial charge >= 0.3 is 0 Å². The number of nitrogens with one attached hydrogen (secondary N) is 2. The molecule has 1 saturated heterocycles. The molecule has 2 N–H and O–H groups in total. The highest BCUT2D eigenvalue weighted by Gasteiger charge is 2.33. The van der Waals surface area contributed by atoms with Gasteiger partial charge in [-0.1, -0.05) is 45.0 Å². The van der Waals surface area contributed by atoms with Gasteiger partial charge in [-0.25, -0.2) is 0 Å². The molecule has 1 aromatic rings. The van der Waals surface area contributed by atoms with E-state index < -0.39 is 0 Å². The highest BCUT2D eigenvalue weighted by molar-refractivity contribution is 8.00. The second kappa shape index (κ2) is 8.91. The number of quaternary nitrogens is 1. The van der Waals surface area contributed by atoms with E-state index in [2.05, 4.69) is 64.4 Å². The van der Waals surface area contributed by atoms with E-state index in [1.807, 2.05) is 4.90 Å². The fraction of sp³-hybridized carbons (Fsp3) is 0.600. The Bertz CT molecular complexity index is 623.